The lowest BCUT2D eigenvalue weighted by Gasteiger charge is -2.26. The number of hydrogen-bond acceptors (Lipinski definition) is 5. The van der Waals surface area contributed by atoms with E-state index in [4.69, 9.17) is 4.98 Å². The van der Waals surface area contributed by atoms with Crippen LogP contribution in [0.1, 0.15) is 44.4 Å². The number of aromatic nitrogens is 2. The summed E-state index contributed by atoms with van der Waals surface area (Å²) in [5.74, 6) is 1.63. The van der Waals surface area contributed by atoms with Crippen LogP contribution in [0.3, 0.4) is 0 Å². The van der Waals surface area contributed by atoms with Gasteiger partial charge < -0.3 is 5.32 Å². The van der Waals surface area contributed by atoms with Crippen molar-refractivity contribution in [2.24, 2.45) is 5.92 Å². The van der Waals surface area contributed by atoms with Gasteiger partial charge in [0.15, 0.2) is 0 Å². The van der Waals surface area contributed by atoms with Crippen LogP contribution in [-0.2, 0) is 0 Å². The Morgan fingerprint density at radius 1 is 1.38 bits per heavy atom. The minimum absolute atomic E-state index is 0.710. The molecule has 0 radical (unpaired) electrons. The van der Waals surface area contributed by atoms with E-state index in [0.29, 0.717) is 5.25 Å². The Kier molecular flexibility index (Phi) is 4.69. The van der Waals surface area contributed by atoms with E-state index in [0.717, 1.165) is 23.2 Å². The van der Waals surface area contributed by atoms with Gasteiger partial charge in [-0.05, 0) is 38.7 Å². The molecule has 0 amide bonds. The van der Waals surface area contributed by atoms with Crippen molar-refractivity contribution in [3.05, 3.63) is 10.9 Å². The number of nitrogens with zero attached hydrogens (tertiary/aromatic N) is 2. The fourth-order valence-electron chi connectivity index (χ4n) is 2.99. The fraction of sp³-hybridized carbons (Fsp3) is 0.625. The highest BCUT2D eigenvalue weighted by molar-refractivity contribution is 8.00. The molecule has 2 unspecified atom stereocenters. The predicted molar refractivity (Wildman–Crippen MR) is 93.6 cm³/mol. The van der Waals surface area contributed by atoms with E-state index in [1.165, 1.54) is 41.0 Å². The summed E-state index contributed by atoms with van der Waals surface area (Å²) in [7, 11) is 0. The minimum Gasteiger partial charge on any atom is -0.354 e. The number of thioether (sulfide) groups is 1. The Morgan fingerprint density at radius 2 is 2.24 bits per heavy atom. The third kappa shape index (κ3) is 3.51. The average Bonchev–Trinajstić information content (AvgIpc) is 2.80. The maximum absolute atomic E-state index is 4.77. The number of hydrogen-bond donors (Lipinski definition) is 1. The molecule has 1 fully saturated rings. The molecule has 1 aliphatic rings. The van der Waals surface area contributed by atoms with Gasteiger partial charge >= 0.3 is 0 Å². The summed E-state index contributed by atoms with van der Waals surface area (Å²) < 4.78 is 0. The zero-order chi connectivity index (χ0) is 14.8. The van der Waals surface area contributed by atoms with Gasteiger partial charge in [-0.2, -0.15) is 0 Å². The standard InChI is InChI=1S/C16H23N3S2/c1-4-17-16-18-14-13(9-11(3)20-14)15(19-16)21-12-7-5-6-10(2)8-12/h9-10,12H,4-8H2,1-3H3,(H,17,18,19). The van der Waals surface area contributed by atoms with Gasteiger partial charge in [0.2, 0.25) is 5.95 Å². The molecule has 5 heteroatoms. The zero-order valence-corrected chi connectivity index (χ0v) is 14.6. The van der Waals surface area contributed by atoms with Crippen molar-refractivity contribution >= 4 is 39.3 Å². The van der Waals surface area contributed by atoms with E-state index in [1.807, 2.05) is 11.8 Å². The van der Waals surface area contributed by atoms with Crippen LogP contribution in [0.15, 0.2) is 11.1 Å². The summed E-state index contributed by atoms with van der Waals surface area (Å²) in [4.78, 5) is 11.8. The lowest BCUT2D eigenvalue weighted by atomic mass is 9.91. The molecule has 0 aliphatic heterocycles. The minimum atomic E-state index is 0.710. The molecule has 114 valence electrons. The maximum Gasteiger partial charge on any atom is 0.225 e. The summed E-state index contributed by atoms with van der Waals surface area (Å²) >= 11 is 3.73. The van der Waals surface area contributed by atoms with Gasteiger partial charge in [-0.3, -0.25) is 0 Å². The summed E-state index contributed by atoms with van der Waals surface area (Å²) in [5.41, 5.74) is 0. The van der Waals surface area contributed by atoms with Gasteiger partial charge in [0.1, 0.15) is 9.86 Å². The zero-order valence-electron chi connectivity index (χ0n) is 13.0. The second-order valence-electron chi connectivity index (χ2n) is 5.97. The van der Waals surface area contributed by atoms with E-state index in [1.54, 1.807) is 11.3 Å². The van der Waals surface area contributed by atoms with Crippen molar-refractivity contribution in [2.45, 2.75) is 56.7 Å². The van der Waals surface area contributed by atoms with Gasteiger partial charge in [-0.15, -0.1) is 23.1 Å². The molecule has 2 aromatic heterocycles. The second kappa shape index (κ2) is 6.53. The molecule has 0 bridgehead atoms. The first-order chi connectivity index (χ1) is 10.2. The predicted octanol–water partition coefficient (Wildman–Crippen LogP) is 5.10. The SMILES string of the molecule is CCNc1nc(SC2CCCC(C)C2)c2cc(C)sc2n1. The third-order valence-corrected chi connectivity index (χ3v) is 6.22. The van der Waals surface area contributed by atoms with Crippen LogP contribution < -0.4 is 5.32 Å². The van der Waals surface area contributed by atoms with E-state index in [2.05, 4.69) is 37.1 Å². The Hall–Kier alpha value is -0.810. The number of anilines is 1. The molecule has 0 aromatic carbocycles. The van der Waals surface area contributed by atoms with Gasteiger partial charge in [-0.1, -0.05) is 19.8 Å². The van der Waals surface area contributed by atoms with Crippen LogP contribution in [0.5, 0.6) is 0 Å². The van der Waals surface area contributed by atoms with Crippen LogP contribution in [0.2, 0.25) is 0 Å². The number of aryl methyl sites for hydroxylation is 1. The maximum atomic E-state index is 4.77. The highest BCUT2D eigenvalue weighted by atomic mass is 32.2. The van der Waals surface area contributed by atoms with Crippen molar-refractivity contribution < 1.29 is 0 Å². The van der Waals surface area contributed by atoms with Gasteiger partial charge in [0, 0.05) is 22.1 Å². The first kappa shape index (κ1) is 15.1. The number of thiophene rings is 1. The number of rotatable bonds is 4. The first-order valence-electron chi connectivity index (χ1n) is 7.84. The fourth-order valence-corrected chi connectivity index (χ4v) is 5.38. The molecule has 1 N–H and O–H groups in total. The molecule has 21 heavy (non-hydrogen) atoms. The molecule has 3 nitrogen and oxygen atoms in total. The monoisotopic (exact) mass is 321 g/mol. The van der Waals surface area contributed by atoms with Crippen molar-refractivity contribution in [2.75, 3.05) is 11.9 Å². The third-order valence-electron chi connectivity index (χ3n) is 3.98. The molecule has 0 spiro atoms. The molecule has 1 saturated carbocycles. The van der Waals surface area contributed by atoms with E-state index >= 15 is 0 Å². The lowest BCUT2D eigenvalue weighted by molar-refractivity contribution is 0.394. The van der Waals surface area contributed by atoms with Gasteiger partial charge in [0.25, 0.3) is 0 Å². The van der Waals surface area contributed by atoms with E-state index in [-0.39, 0.29) is 0 Å². The van der Waals surface area contributed by atoms with Gasteiger partial charge in [0.05, 0.1) is 0 Å². The molecular weight excluding hydrogens is 298 g/mol. The molecule has 2 atom stereocenters. The highest BCUT2D eigenvalue weighted by Crippen LogP contribution is 2.39. The van der Waals surface area contributed by atoms with Crippen molar-refractivity contribution in [3.63, 3.8) is 0 Å². The summed E-state index contributed by atoms with van der Waals surface area (Å²) in [5, 5.41) is 6.38. The van der Waals surface area contributed by atoms with Crippen molar-refractivity contribution in [1.29, 1.82) is 0 Å². The summed E-state index contributed by atoms with van der Waals surface area (Å²) in [6, 6.07) is 2.24. The highest BCUT2D eigenvalue weighted by Gasteiger charge is 2.22. The average molecular weight is 322 g/mol. The Morgan fingerprint density at radius 3 is 3.00 bits per heavy atom. The molecular formula is C16H23N3S2. The number of nitrogens with one attached hydrogen (secondary N) is 1. The Balaban J connectivity index is 1.91. The quantitative estimate of drug-likeness (QED) is 0.795. The summed E-state index contributed by atoms with van der Waals surface area (Å²) in [6.45, 7) is 7.47. The summed E-state index contributed by atoms with van der Waals surface area (Å²) in [6.07, 6.45) is 5.38. The Labute approximate surface area is 135 Å². The van der Waals surface area contributed by atoms with Crippen molar-refractivity contribution in [3.8, 4) is 0 Å². The van der Waals surface area contributed by atoms with Crippen LogP contribution in [0.25, 0.3) is 10.2 Å². The second-order valence-corrected chi connectivity index (χ2v) is 8.49. The molecule has 2 aromatic rings. The Bertz CT molecular complexity index is 623. The van der Waals surface area contributed by atoms with Crippen LogP contribution in [0, 0.1) is 12.8 Å². The van der Waals surface area contributed by atoms with E-state index < -0.39 is 0 Å². The van der Waals surface area contributed by atoms with Crippen LogP contribution >= 0.6 is 23.1 Å². The smallest absolute Gasteiger partial charge is 0.225 e. The molecule has 1 aliphatic carbocycles. The lowest BCUT2D eigenvalue weighted by Crippen LogP contribution is -2.15. The topological polar surface area (TPSA) is 37.8 Å². The normalized spacial score (nSPS) is 22.6. The molecule has 0 saturated heterocycles. The number of fused-ring (bicyclic) bond motifs is 1. The molecule has 2 heterocycles. The van der Waals surface area contributed by atoms with Crippen LogP contribution in [0.4, 0.5) is 5.95 Å². The van der Waals surface area contributed by atoms with Crippen molar-refractivity contribution in [1.82, 2.24) is 9.97 Å². The molecule has 3 rings (SSSR count). The van der Waals surface area contributed by atoms with E-state index in [9.17, 15) is 0 Å². The van der Waals surface area contributed by atoms with Crippen LogP contribution in [-0.4, -0.2) is 21.8 Å². The first-order valence-corrected chi connectivity index (χ1v) is 9.54. The largest absolute Gasteiger partial charge is 0.354 e. The van der Waals surface area contributed by atoms with Gasteiger partial charge in [-0.25, -0.2) is 9.97 Å².